The summed E-state index contributed by atoms with van der Waals surface area (Å²) in [5.74, 6) is -0.0382. The van der Waals surface area contributed by atoms with Crippen LogP contribution in [0.25, 0.3) is 11.0 Å². The zero-order chi connectivity index (χ0) is 16.5. The predicted molar refractivity (Wildman–Crippen MR) is 92.4 cm³/mol. The van der Waals surface area contributed by atoms with Gasteiger partial charge in [0.15, 0.2) is 5.58 Å². The molecule has 122 valence electrons. The van der Waals surface area contributed by atoms with Gasteiger partial charge in [-0.15, -0.1) is 0 Å². The van der Waals surface area contributed by atoms with Crippen molar-refractivity contribution < 1.29 is 9.32 Å². The fourth-order valence-electron chi connectivity index (χ4n) is 3.45. The Morgan fingerprint density at radius 2 is 2.17 bits per heavy atom. The van der Waals surface area contributed by atoms with Crippen molar-refractivity contribution in [3.63, 3.8) is 0 Å². The lowest BCUT2D eigenvalue weighted by Gasteiger charge is -2.26. The zero-order valence-corrected chi connectivity index (χ0v) is 13.3. The maximum absolute atomic E-state index is 12.5. The van der Waals surface area contributed by atoms with Crippen LogP contribution in [0.15, 0.2) is 47.0 Å². The van der Waals surface area contributed by atoms with E-state index in [1.807, 2.05) is 42.5 Å². The second-order valence-corrected chi connectivity index (χ2v) is 6.27. The number of nitrogen functional groups attached to an aromatic ring is 1. The average Bonchev–Trinajstić information content (AvgIpc) is 2.98. The minimum absolute atomic E-state index is 0.0382. The van der Waals surface area contributed by atoms with Crippen LogP contribution < -0.4 is 11.1 Å². The van der Waals surface area contributed by atoms with E-state index in [-0.39, 0.29) is 18.4 Å². The fraction of sp³-hybridized carbons (Fsp3) is 0.263. The van der Waals surface area contributed by atoms with Crippen LogP contribution in [-0.4, -0.2) is 11.1 Å². The number of rotatable bonds is 3. The van der Waals surface area contributed by atoms with E-state index in [0.717, 1.165) is 30.3 Å². The van der Waals surface area contributed by atoms with E-state index < -0.39 is 0 Å². The van der Waals surface area contributed by atoms with Crippen molar-refractivity contribution in [3.8, 4) is 0 Å². The van der Waals surface area contributed by atoms with Crippen molar-refractivity contribution >= 4 is 22.6 Å². The van der Waals surface area contributed by atoms with E-state index in [0.29, 0.717) is 11.3 Å². The molecular formula is C19H19N3O2. The van der Waals surface area contributed by atoms with Crippen LogP contribution in [0, 0.1) is 0 Å². The first-order chi connectivity index (χ1) is 11.7. The molecular weight excluding hydrogens is 302 g/mol. The van der Waals surface area contributed by atoms with Crippen molar-refractivity contribution in [3.05, 3.63) is 59.3 Å². The highest BCUT2D eigenvalue weighted by Crippen LogP contribution is 2.31. The summed E-state index contributed by atoms with van der Waals surface area (Å²) in [6, 6.07) is 13.6. The summed E-state index contributed by atoms with van der Waals surface area (Å²) < 4.78 is 5.27. The number of aryl methyl sites for hydroxylation is 1. The number of aromatic nitrogens is 1. The molecule has 1 heterocycles. The molecule has 0 radical (unpaired) electrons. The number of carbonyl (C=O) groups excluding carboxylic acids is 1. The molecule has 24 heavy (non-hydrogen) atoms. The first-order valence-electron chi connectivity index (χ1n) is 8.21. The molecule has 1 aliphatic carbocycles. The van der Waals surface area contributed by atoms with Gasteiger partial charge in [0.1, 0.15) is 5.69 Å². The smallest absolute Gasteiger partial charge is 0.226 e. The van der Waals surface area contributed by atoms with Gasteiger partial charge in [-0.2, -0.15) is 0 Å². The van der Waals surface area contributed by atoms with E-state index in [2.05, 4.69) is 10.5 Å². The van der Waals surface area contributed by atoms with Gasteiger partial charge in [0.25, 0.3) is 0 Å². The molecule has 3 N–H and O–H groups in total. The fourth-order valence-corrected chi connectivity index (χ4v) is 3.45. The van der Waals surface area contributed by atoms with E-state index in [1.165, 1.54) is 11.1 Å². The third-order valence-electron chi connectivity index (χ3n) is 4.60. The minimum atomic E-state index is -0.0382. The van der Waals surface area contributed by atoms with Gasteiger partial charge >= 0.3 is 0 Å². The van der Waals surface area contributed by atoms with Gasteiger partial charge < -0.3 is 15.6 Å². The second-order valence-electron chi connectivity index (χ2n) is 6.27. The molecule has 1 aromatic heterocycles. The minimum Gasteiger partial charge on any atom is -0.399 e. The molecule has 1 unspecified atom stereocenters. The summed E-state index contributed by atoms with van der Waals surface area (Å²) in [5.41, 5.74) is 10.4. The van der Waals surface area contributed by atoms with E-state index >= 15 is 0 Å². The molecule has 0 saturated carbocycles. The Morgan fingerprint density at radius 1 is 1.29 bits per heavy atom. The highest BCUT2D eigenvalue weighted by atomic mass is 16.5. The van der Waals surface area contributed by atoms with Gasteiger partial charge in [0.2, 0.25) is 5.91 Å². The molecule has 1 atom stereocenters. The molecule has 1 amide bonds. The maximum atomic E-state index is 12.5. The summed E-state index contributed by atoms with van der Waals surface area (Å²) in [7, 11) is 0. The van der Waals surface area contributed by atoms with Crippen LogP contribution in [0.3, 0.4) is 0 Å². The predicted octanol–water partition coefficient (Wildman–Crippen LogP) is 3.15. The molecule has 0 bridgehead atoms. The van der Waals surface area contributed by atoms with Crippen LogP contribution in [0.2, 0.25) is 0 Å². The molecule has 4 rings (SSSR count). The summed E-state index contributed by atoms with van der Waals surface area (Å²) in [4.78, 5) is 12.5. The first kappa shape index (κ1) is 14.8. The monoisotopic (exact) mass is 321 g/mol. The summed E-state index contributed by atoms with van der Waals surface area (Å²) >= 11 is 0. The quantitative estimate of drug-likeness (QED) is 0.726. The molecule has 0 aliphatic heterocycles. The van der Waals surface area contributed by atoms with Crippen LogP contribution in [0.1, 0.15) is 35.7 Å². The lowest BCUT2D eigenvalue weighted by atomic mass is 9.87. The van der Waals surface area contributed by atoms with Gasteiger partial charge in [0.05, 0.1) is 12.5 Å². The van der Waals surface area contributed by atoms with Crippen LogP contribution >= 0.6 is 0 Å². The molecule has 0 fully saturated rings. The van der Waals surface area contributed by atoms with Crippen LogP contribution in [-0.2, 0) is 17.6 Å². The average molecular weight is 321 g/mol. The Labute approximate surface area is 139 Å². The second kappa shape index (κ2) is 6.00. The number of nitrogens with zero attached hydrogens (tertiary/aromatic N) is 1. The third kappa shape index (κ3) is 2.73. The van der Waals surface area contributed by atoms with Gasteiger partial charge in [0, 0.05) is 11.1 Å². The molecule has 1 aliphatic rings. The number of nitrogens with one attached hydrogen (secondary N) is 1. The Balaban J connectivity index is 1.51. The molecule has 0 spiro atoms. The van der Waals surface area contributed by atoms with Crippen molar-refractivity contribution in [2.45, 2.75) is 31.7 Å². The highest BCUT2D eigenvalue weighted by Gasteiger charge is 2.22. The maximum Gasteiger partial charge on any atom is 0.226 e. The standard InChI is InChI=1S/C19H19N3O2/c20-13-8-9-14-12(10-13)4-3-6-16(14)21-19(23)11-17-15-5-1-2-7-18(15)24-22-17/h1-2,5,7-10,16H,3-4,6,11,20H2,(H,21,23). The number of hydrogen-bond acceptors (Lipinski definition) is 4. The van der Waals surface area contributed by atoms with Crippen molar-refractivity contribution in [1.29, 1.82) is 0 Å². The Kier molecular flexibility index (Phi) is 3.69. The van der Waals surface area contributed by atoms with Crippen molar-refractivity contribution in [1.82, 2.24) is 10.5 Å². The summed E-state index contributed by atoms with van der Waals surface area (Å²) in [6.45, 7) is 0. The summed E-state index contributed by atoms with van der Waals surface area (Å²) in [6.07, 6.45) is 3.23. The van der Waals surface area contributed by atoms with Crippen molar-refractivity contribution in [2.24, 2.45) is 0 Å². The largest absolute Gasteiger partial charge is 0.399 e. The summed E-state index contributed by atoms with van der Waals surface area (Å²) in [5, 5.41) is 8.06. The zero-order valence-electron chi connectivity index (χ0n) is 13.3. The number of carbonyl (C=O) groups is 1. The third-order valence-corrected chi connectivity index (χ3v) is 4.60. The molecule has 2 aromatic carbocycles. The van der Waals surface area contributed by atoms with Gasteiger partial charge in [-0.1, -0.05) is 23.4 Å². The number of para-hydroxylation sites is 1. The Morgan fingerprint density at radius 3 is 3.08 bits per heavy atom. The van der Waals surface area contributed by atoms with E-state index in [1.54, 1.807) is 0 Å². The Bertz CT molecular complexity index is 901. The topological polar surface area (TPSA) is 81.1 Å². The normalized spacial score (nSPS) is 16.8. The van der Waals surface area contributed by atoms with Crippen LogP contribution in [0.4, 0.5) is 5.69 Å². The molecule has 5 nitrogen and oxygen atoms in total. The van der Waals surface area contributed by atoms with Gasteiger partial charge in [-0.3, -0.25) is 4.79 Å². The molecule has 3 aromatic rings. The van der Waals surface area contributed by atoms with Gasteiger partial charge in [-0.05, 0) is 54.7 Å². The number of hydrogen-bond donors (Lipinski definition) is 2. The lowest BCUT2D eigenvalue weighted by molar-refractivity contribution is -0.121. The number of fused-ring (bicyclic) bond motifs is 2. The number of benzene rings is 2. The van der Waals surface area contributed by atoms with E-state index in [4.69, 9.17) is 10.3 Å². The number of amides is 1. The van der Waals surface area contributed by atoms with E-state index in [9.17, 15) is 4.79 Å². The highest BCUT2D eigenvalue weighted by molar-refractivity contribution is 5.86. The number of anilines is 1. The Hall–Kier alpha value is -2.82. The molecule has 5 heteroatoms. The SMILES string of the molecule is Nc1ccc2c(c1)CCCC2NC(=O)Cc1noc2ccccc12. The van der Waals surface area contributed by atoms with Gasteiger partial charge in [-0.25, -0.2) is 0 Å². The molecule has 0 saturated heterocycles. The van der Waals surface area contributed by atoms with Crippen LogP contribution in [0.5, 0.6) is 0 Å². The first-order valence-corrected chi connectivity index (χ1v) is 8.21. The van der Waals surface area contributed by atoms with Crippen molar-refractivity contribution in [2.75, 3.05) is 5.73 Å². The lowest BCUT2D eigenvalue weighted by Crippen LogP contribution is -2.32. The number of nitrogens with two attached hydrogens (primary N) is 1.